The van der Waals surface area contributed by atoms with Crippen LogP contribution in [0.25, 0.3) is 0 Å². The molecule has 0 aromatic heterocycles. The smallest absolute Gasteiger partial charge is 0.225 e. The van der Waals surface area contributed by atoms with E-state index >= 15 is 0 Å². The Morgan fingerprint density at radius 3 is 2.87 bits per heavy atom. The third-order valence-corrected chi connectivity index (χ3v) is 5.36. The Kier molecular flexibility index (Phi) is 8.77. The highest BCUT2D eigenvalue weighted by Gasteiger charge is 2.31. The average Bonchev–Trinajstić information content (AvgIpc) is 3.04. The summed E-state index contributed by atoms with van der Waals surface area (Å²) in [6.45, 7) is 13.0. The van der Waals surface area contributed by atoms with Crippen LogP contribution in [0.5, 0.6) is 0 Å². The number of aliphatic imine (C=N–C) groups is 1. The van der Waals surface area contributed by atoms with Gasteiger partial charge in [0.2, 0.25) is 5.91 Å². The van der Waals surface area contributed by atoms with Crippen LogP contribution in [0.15, 0.2) is 57.6 Å². The van der Waals surface area contributed by atoms with E-state index in [0.29, 0.717) is 38.2 Å². The Labute approximate surface area is 186 Å². The van der Waals surface area contributed by atoms with Crippen LogP contribution in [0.1, 0.15) is 53.4 Å². The predicted octanol–water partition coefficient (Wildman–Crippen LogP) is 4.35. The zero-order chi connectivity index (χ0) is 23.0. The molecular weight excluding hydrogens is 393 g/mol. The number of hydrogen-bond donors (Lipinski definition) is 1. The second-order valence-corrected chi connectivity index (χ2v) is 8.76. The molecule has 0 saturated heterocycles. The fourth-order valence-corrected chi connectivity index (χ4v) is 3.43. The minimum Gasteiger partial charge on any atom is -0.374 e. The predicted molar refractivity (Wildman–Crippen MR) is 127 cm³/mol. The summed E-state index contributed by atoms with van der Waals surface area (Å²) in [5, 5.41) is 9.37. The zero-order valence-corrected chi connectivity index (χ0v) is 19.5. The number of nitrogens with one attached hydrogen (secondary N) is 1. The highest BCUT2D eigenvalue weighted by Crippen LogP contribution is 2.29. The summed E-state index contributed by atoms with van der Waals surface area (Å²) >= 11 is 0. The topological polar surface area (TPSA) is 60.3 Å². The van der Waals surface area contributed by atoms with E-state index < -0.39 is 6.17 Å². The van der Waals surface area contributed by atoms with Gasteiger partial charge in [-0.25, -0.2) is 9.38 Å². The highest BCUT2D eigenvalue weighted by atomic mass is 19.1. The van der Waals surface area contributed by atoms with Crippen LogP contribution in [-0.2, 0) is 4.79 Å². The number of carbonyl (C=O) groups is 1. The molecule has 0 unspecified atom stereocenters. The molecule has 6 nitrogen and oxygen atoms in total. The Morgan fingerprint density at radius 1 is 1.52 bits per heavy atom. The van der Waals surface area contributed by atoms with Gasteiger partial charge in [-0.05, 0) is 57.4 Å². The number of alkyl halides is 1. The average molecular weight is 430 g/mol. The van der Waals surface area contributed by atoms with E-state index in [1.165, 1.54) is 0 Å². The molecule has 0 saturated carbocycles. The van der Waals surface area contributed by atoms with Gasteiger partial charge in [-0.15, -0.1) is 0 Å². The number of rotatable bonds is 10. The molecular formula is C24H36FN5O. The zero-order valence-electron chi connectivity index (χ0n) is 19.5. The molecule has 1 N–H and O–H groups in total. The quantitative estimate of drug-likeness (QED) is 0.526. The second-order valence-electron chi connectivity index (χ2n) is 8.76. The maximum Gasteiger partial charge on any atom is 0.225 e. The summed E-state index contributed by atoms with van der Waals surface area (Å²) in [5.74, 6) is 0.417. The van der Waals surface area contributed by atoms with Crippen molar-refractivity contribution < 1.29 is 9.18 Å². The van der Waals surface area contributed by atoms with E-state index in [1.807, 2.05) is 38.1 Å². The van der Waals surface area contributed by atoms with Gasteiger partial charge in [0.25, 0.3) is 0 Å². The number of halogens is 1. The monoisotopic (exact) mass is 429 g/mol. The van der Waals surface area contributed by atoms with Crippen molar-refractivity contribution in [2.75, 3.05) is 20.1 Å². The molecule has 1 amide bonds. The number of amides is 1. The second kappa shape index (κ2) is 11.1. The van der Waals surface area contributed by atoms with E-state index in [2.05, 4.69) is 40.8 Å². The molecule has 1 aliphatic carbocycles. The summed E-state index contributed by atoms with van der Waals surface area (Å²) in [5.41, 5.74) is 2.75. The molecule has 0 aromatic rings. The van der Waals surface area contributed by atoms with E-state index in [4.69, 9.17) is 0 Å². The van der Waals surface area contributed by atoms with Crippen molar-refractivity contribution in [3.05, 3.63) is 47.5 Å². The lowest BCUT2D eigenvalue weighted by molar-refractivity contribution is -0.120. The van der Waals surface area contributed by atoms with Crippen molar-refractivity contribution in [2.24, 2.45) is 10.1 Å². The lowest BCUT2D eigenvalue weighted by atomic mass is 9.97. The Hall–Kier alpha value is -2.70. The van der Waals surface area contributed by atoms with Crippen LogP contribution >= 0.6 is 0 Å². The molecule has 2 aliphatic rings. The third-order valence-electron chi connectivity index (χ3n) is 5.36. The molecule has 2 rings (SSSR count). The summed E-state index contributed by atoms with van der Waals surface area (Å²) < 4.78 is 14.1. The minimum atomic E-state index is -0.983. The number of nitrogens with zero attached hydrogens (tertiary/aromatic N) is 4. The molecule has 0 radical (unpaired) electrons. The molecule has 7 heteroatoms. The molecule has 0 fully saturated rings. The van der Waals surface area contributed by atoms with Crippen LogP contribution < -0.4 is 5.32 Å². The van der Waals surface area contributed by atoms with Crippen LogP contribution in [0.3, 0.4) is 0 Å². The Morgan fingerprint density at radius 2 is 2.26 bits per heavy atom. The molecule has 1 aliphatic heterocycles. The van der Waals surface area contributed by atoms with Gasteiger partial charge >= 0.3 is 0 Å². The van der Waals surface area contributed by atoms with Gasteiger partial charge in [0.15, 0.2) is 0 Å². The first kappa shape index (κ1) is 24.6. The van der Waals surface area contributed by atoms with Gasteiger partial charge in [0.1, 0.15) is 12.0 Å². The van der Waals surface area contributed by atoms with Gasteiger partial charge in [-0.1, -0.05) is 12.7 Å². The molecule has 1 atom stereocenters. The minimum absolute atomic E-state index is 0.0354. The number of carbonyl (C=O) groups excluding carboxylic acids is 1. The van der Waals surface area contributed by atoms with Crippen molar-refractivity contribution >= 4 is 18.3 Å². The van der Waals surface area contributed by atoms with Crippen LogP contribution in [-0.4, -0.2) is 60.1 Å². The number of likely N-dealkylation sites (N-methyl/N-ethyl adjacent to an activating group) is 1. The Bertz CT molecular complexity index is 822. The number of hydrogen-bond acceptors (Lipinski definition) is 5. The highest BCUT2D eigenvalue weighted by molar-refractivity contribution is 5.80. The van der Waals surface area contributed by atoms with Crippen LogP contribution in [0.4, 0.5) is 4.39 Å². The van der Waals surface area contributed by atoms with Gasteiger partial charge in [0.05, 0.1) is 12.1 Å². The lowest BCUT2D eigenvalue weighted by Gasteiger charge is -2.35. The van der Waals surface area contributed by atoms with Crippen molar-refractivity contribution in [2.45, 2.75) is 65.1 Å². The van der Waals surface area contributed by atoms with E-state index in [0.717, 1.165) is 23.3 Å². The Balaban J connectivity index is 1.90. The first-order chi connectivity index (χ1) is 14.6. The van der Waals surface area contributed by atoms with Gasteiger partial charge < -0.3 is 10.2 Å². The number of hydrazone groups is 1. The van der Waals surface area contributed by atoms with Crippen molar-refractivity contribution in [3.63, 3.8) is 0 Å². The normalized spacial score (nSPS) is 20.6. The first-order valence-electron chi connectivity index (χ1n) is 10.8. The maximum atomic E-state index is 14.1. The standard InChI is InChI=1S/C24H36FN5O/c1-7-22(26-16-18(2)3)28-23(31)9-8-14-29(6)21-15-20(25)11-10-19(21)17-30-24(4,5)12-13-27-30/h7,10,13,15-16,20H,2,8-9,11-12,14,17H2,1,3-6H3,(H,28,31)/b22-7+,26-16?/t20-/m1/s1. The molecule has 31 heavy (non-hydrogen) atoms. The van der Waals surface area contributed by atoms with Crippen molar-refractivity contribution in [1.82, 2.24) is 15.2 Å². The fourth-order valence-electron chi connectivity index (χ4n) is 3.43. The summed E-state index contributed by atoms with van der Waals surface area (Å²) in [6, 6.07) is 0. The van der Waals surface area contributed by atoms with Gasteiger partial charge in [-0.3, -0.25) is 9.80 Å². The maximum absolute atomic E-state index is 14.1. The van der Waals surface area contributed by atoms with Crippen molar-refractivity contribution in [3.8, 4) is 0 Å². The summed E-state index contributed by atoms with van der Waals surface area (Å²) in [6.07, 6.45) is 10.3. The van der Waals surface area contributed by atoms with Crippen LogP contribution in [0.2, 0.25) is 0 Å². The van der Waals surface area contributed by atoms with Crippen LogP contribution in [0, 0.1) is 0 Å². The number of allylic oxidation sites excluding steroid dienone is 4. The lowest BCUT2D eigenvalue weighted by Crippen LogP contribution is -2.39. The third kappa shape index (κ3) is 7.49. The van der Waals surface area contributed by atoms with E-state index in [1.54, 1.807) is 18.4 Å². The van der Waals surface area contributed by atoms with E-state index in [9.17, 15) is 9.18 Å². The molecule has 170 valence electrons. The first-order valence-corrected chi connectivity index (χ1v) is 10.8. The largest absolute Gasteiger partial charge is 0.374 e. The summed E-state index contributed by atoms with van der Waals surface area (Å²) in [7, 11) is 1.95. The molecule has 0 aromatic carbocycles. The fraction of sp³-hybridized carbons (Fsp3) is 0.542. The van der Waals surface area contributed by atoms with Gasteiger partial charge in [-0.2, -0.15) is 5.10 Å². The SMILES string of the molecule is C=C(C)C=N/C(=C\C)NC(=O)CCCN(C)C1=C[C@H](F)CC=C1CN1N=CCC1(C)C. The molecule has 1 heterocycles. The van der Waals surface area contributed by atoms with Crippen molar-refractivity contribution in [1.29, 1.82) is 0 Å². The van der Waals surface area contributed by atoms with E-state index in [-0.39, 0.29) is 11.4 Å². The molecule has 0 bridgehead atoms. The van der Waals surface area contributed by atoms with Gasteiger partial charge in [0, 0.05) is 51.0 Å². The summed E-state index contributed by atoms with van der Waals surface area (Å²) in [4.78, 5) is 18.5. The molecule has 0 spiro atoms.